The topological polar surface area (TPSA) is 19.0 Å². The molecule has 3 rings (SSSR count). The Morgan fingerprint density at radius 3 is 2.52 bits per heavy atom. The van der Waals surface area contributed by atoms with Crippen LogP contribution in [0.15, 0.2) is 30.3 Å². The van der Waals surface area contributed by atoms with Crippen LogP contribution < -0.4 is 4.74 Å². The molecule has 0 radical (unpaired) electrons. The number of methoxy groups -OCH3 is 1. The zero-order chi connectivity index (χ0) is 16.1. The zero-order valence-corrected chi connectivity index (χ0v) is 14.4. The maximum atomic E-state index is 5.19. The molecule has 2 heterocycles. The minimum atomic E-state index is 0.762. The van der Waals surface area contributed by atoms with E-state index >= 15 is 0 Å². The van der Waals surface area contributed by atoms with Gasteiger partial charge < -0.3 is 9.64 Å². The number of ether oxygens (including phenoxy) is 1. The van der Waals surface area contributed by atoms with Crippen molar-refractivity contribution in [3.05, 3.63) is 35.9 Å². The summed E-state index contributed by atoms with van der Waals surface area (Å²) < 4.78 is 5.19. The molecule has 4 nitrogen and oxygen atoms in total. The lowest BCUT2D eigenvalue weighted by molar-refractivity contribution is 0.114. The van der Waals surface area contributed by atoms with Crippen molar-refractivity contribution >= 4 is 6.08 Å². The smallest absolute Gasteiger partial charge is 0.118 e. The van der Waals surface area contributed by atoms with Gasteiger partial charge in [0, 0.05) is 51.9 Å². The first-order chi connectivity index (χ1) is 11.2. The van der Waals surface area contributed by atoms with E-state index in [0.29, 0.717) is 0 Å². The normalized spacial score (nSPS) is 24.5. The predicted molar refractivity (Wildman–Crippen MR) is 95.9 cm³/mol. The van der Waals surface area contributed by atoms with Crippen molar-refractivity contribution in [2.75, 3.05) is 60.0 Å². The summed E-state index contributed by atoms with van der Waals surface area (Å²) in [4.78, 5) is 7.69. The molecule has 23 heavy (non-hydrogen) atoms. The molecule has 0 unspecified atom stereocenters. The van der Waals surface area contributed by atoms with Crippen LogP contribution in [0.3, 0.4) is 0 Å². The first kappa shape index (κ1) is 16.5. The quantitative estimate of drug-likeness (QED) is 0.827. The summed E-state index contributed by atoms with van der Waals surface area (Å²) in [6.45, 7) is 8.39. The average molecular weight is 315 g/mol. The molecule has 2 aliphatic rings. The molecule has 2 aliphatic heterocycles. The van der Waals surface area contributed by atoms with Crippen LogP contribution in [-0.2, 0) is 0 Å². The molecule has 0 spiro atoms. The number of nitrogens with zero attached hydrogens (tertiary/aromatic N) is 3. The fourth-order valence-electron chi connectivity index (χ4n) is 3.52. The highest BCUT2D eigenvalue weighted by atomic mass is 16.5. The van der Waals surface area contributed by atoms with Crippen LogP contribution in [0, 0.1) is 0 Å². The van der Waals surface area contributed by atoms with Gasteiger partial charge in [-0.15, -0.1) is 0 Å². The predicted octanol–water partition coefficient (Wildman–Crippen LogP) is 2.03. The fourth-order valence-corrected chi connectivity index (χ4v) is 3.52. The van der Waals surface area contributed by atoms with Crippen LogP contribution in [-0.4, -0.2) is 80.7 Å². The summed E-state index contributed by atoms with van der Waals surface area (Å²) in [5.74, 6) is 0.914. The van der Waals surface area contributed by atoms with Gasteiger partial charge in [-0.2, -0.15) is 0 Å². The second-order valence-corrected chi connectivity index (χ2v) is 6.72. The van der Waals surface area contributed by atoms with Gasteiger partial charge in [0.2, 0.25) is 0 Å². The summed E-state index contributed by atoms with van der Waals surface area (Å²) in [7, 11) is 3.93. The third-order valence-corrected chi connectivity index (χ3v) is 5.09. The van der Waals surface area contributed by atoms with Gasteiger partial charge in [-0.1, -0.05) is 24.3 Å². The SMILES string of the molecule is COc1ccc(/C=C/CN2CC[C@H](N3CCN(C)CC3)C2)cc1. The number of likely N-dealkylation sites (N-methyl/N-ethyl adjacent to an activating group) is 1. The molecule has 0 N–H and O–H groups in total. The van der Waals surface area contributed by atoms with Crippen molar-refractivity contribution in [2.24, 2.45) is 0 Å². The standard InChI is InChI=1S/C19H29N3O/c1-20-12-14-22(15-13-20)18-9-11-21(16-18)10-3-4-17-5-7-19(23-2)8-6-17/h3-8,18H,9-16H2,1-2H3/b4-3+/t18-/m0/s1. The summed E-state index contributed by atoms with van der Waals surface area (Å²) in [5.41, 5.74) is 1.24. The third kappa shape index (κ3) is 4.56. The average Bonchev–Trinajstić information content (AvgIpc) is 3.05. The van der Waals surface area contributed by atoms with E-state index in [-0.39, 0.29) is 0 Å². The lowest BCUT2D eigenvalue weighted by atomic mass is 10.2. The Morgan fingerprint density at radius 2 is 1.83 bits per heavy atom. The maximum Gasteiger partial charge on any atom is 0.118 e. The van der Waals surface area contributed by atoms with Crippen LogP contribution in [0.25, 0.3) is 6.08 Å². The summed E-state index contributed by atoms with van der Waals surface area (Å²) in [6.07, 6.45) is 5.82. The second-order valence-electron chi connectivity index (χ2n) is 6.72. The van der Waals surface area contributed by atoms with E-state index in [1.807, 2.05) is 12.1 Å². The number of likely N-dealkylation sites (tertiary alicyclic amines) is 1. The number of hydrogen-bond donors (Lipinski definition) is 0. The van der Waals surface area contributed by atoms with E-state index in [4.69, 9.17) is 4.74 Å². The Morgan fingerprint density at radius 1 is 1.09 bits per heavy atom. The molecule has 0 bridgehead atoms. The highest BCUT2D eigenvalue weighted by Crippen LogP contribution is 2.17. The number of piperazine rings is 1. The van der Waals surface area contributed by atoms with E-state index in [9.17, 15) is 0 Å². The van der Waals surface area contributed by atoms with Gasteiger partial charge in [-0.3, -0.25) is 9.80 Å². The van der Waals surface area contributed by atoms with Gasteiger partial charge in [0.25, 0.3) is 0 Å². The van der Waals surface area contributed by atoms with Gasteiger partial charge in [-0.05, 0) is 31.2 Å². The van der Waals surface area contributed by atoms with Crippen LogP contribution >= 0.6 is 0 Å². The first-order valence-electron chi connectivity index (χ1n) is 8.70. The first-order valence-corrected chi connectivity index (χ1v) is 8.70. The van der Waals surface area contributed by atoms with Crippen molar-refractivity contribution in [3.8, 4) is 5.75 Å². The minimum absolute atomic E-state index is 0.762. The molecular weight excluding hydrogens is 286 g/mol. The summed E-state index contributed by atoms with van der Waals surface area (Å²) in [6, 6.07) is 8.99. The molecule has 2 saturated heterocycles. The number of benzene rings is 1. The molecule has 126 valence electrons. The Hall–Kier alpha value is -1.36. The van der Waals surface area contributed by atoms with E-state index in [1.165, 1.54) is 51.3 Å². The van der Waals surface area contributed by atoms with Crippen molar-refractivity contribution < 1.29 is 4.74 Å². The number of hydrogen-bond acceptors (Lipinski definition) is 4. The molecule has 0 aromatic heterocycles. The van der Waals surface area contributed by atoms with Crippen molar-refractivity contribution in [1.82, 2.24) is 14.7 Å². The van der Waals surface area contributed by atoms with E-state index in [2.05, 4.69) is 46.0 Å². The minimum Gasteiger partial charge on any atom is -0.497 e. The molecule has 2 fully saturated rings. The Labute approximate surface area is 140 Å². The summed E-state index contributed by atoms with van der Waals surface area (Å²) in [5, 5.41) is 0. The number of rotatable bonds is 5. The third-order valence-electron chi connectivity index (χ3n) is 5.09. The highest BCUT2D eigenvalue weighted by molar-refractivity contribution is 5.50. The molecular formula is C19H29N3O. The monoisotopic (exact) mass is 315 g/mol. The van der Waals surface area contributed by atoms with Gasteiger partial charge in [0.15, 0.2) is 0 Å². The van der Waals surface area contributed by atoms with Gasteiger partial charge in [-0.25, -0.2) is 0 Å². The van der Waals surface area contributed by atoms with Crippen LogP contribution in [0.4, 0.5) is 0 Å². The second kappa shape index (κ2) is 7.95. The lowest BCUT2D eigenvalue weighted by Gasteiger charge is -2.36. The lowest BCUT2D eigenvalue weighted by Crippen LogP contribution is -2.49. The maximum absolute atomic E-state index is 5.19. The molecule has 0 aliphatic carbocycles. The van der Waals surface area contributed by atoms with E-state index < -0.39 is 0 Å². The van der Waals surface area contributed by atoms with Gasteiger partial charge in [0.1, 0.15) is 5.75 Å². The molecule has 1 atom stereocenters. The Balaban J connectivity index is 1.43. The van der Waals surface area contributed by atoms with Crippen molar-refractivity contribution in [1.29, 1.82) is 0 Å². The van der Waals surface area contributed by atoms with Crippen molar-refractivity contribution in [3.63, 3.8) is 0 Å². The molecule has 0 saturated carbocycles. The molecule has 1 aromatic rings. The fraction of sp³-hybridized carbons (Fsp3) is 0.579. The van der Waals surface area contributed by atoms with Crippen LogP contribution in [0.2, 0.25) is 0 Å². The molecule has 0 amide bonds. The summed E-state index contributed by atoms with van der Waals surface area (Å²) >= 11 is 0. The molecule has 1 aromatic carbocycles. The van der Waals surface area contributed by atoms with Gasteiger partial charge >= 0.3 is 0 Å². The van der Waals surface area contributed by atoms with Crippen molar-refractivity contribution in [2.45, 2.75) is 12.5 Å². The molecule has 4 heteroatoms. The zero-order valence-electron chi connectivity index (χ0n) is 14.4. The Bertz CT molecular complexity index is 506. The Kier molecular flexibility index (Phi) is 5.70. The van der Waals surface area contributed by atoms with Gasteiger partial charge in [0.05, 0.1) is 7.11 Å². The van der Waals surface area contributed by atoms with Crippen LogP contribution in [0.5, 0.6) is 5.75 Å². The highest BCUT2D eigenvalue weighted by Gasteiger charge is 2.28. The largest absolute Gasteiger partial charge is 0.497 e. The van der Waals surface area contributed by atoms with E-state index in [1.54, 1.807) is 7.11 Å². The van der Waals surface area contributed by atoms with E-state index in [0.717, 1.165) is 18.3 Å². The van der Waals surface area contributed by atoms with Crippen LogP contribution in [0.1, 0.15) is 12.0 Å².